The van der Waals surface area contributed by atoms with Gasteiger partial charge >= 0.3 is 0 Å². The highest BCUT2D eigenvalue weighted by Gasteiger charge is 2.10. The zero-order chi connectivity index (χ0) is 18.0. The second-order valence-electron chi connectivity index (χ2n) is 4.90. The van der Waals surface area contributed by atoms with Gasteiger partial charge in [-0.1, -0.05) is 24.3 Å². The molecule has 10 heteroatoms. The van der Waals surface area contributed by atoms with Gasteiger partial charge in [-0.2, -0.15) is 14.9 Å². The van der Waals surface area contributed by atoms with E-state index >= 15 is 0 Å². The number of benzene rings is 2. The number of rotatable bonds is 4. The molecule has 2 aromatic carbocycles. The predicted octanol–water partition coefficient (Wildman–Crippen LogP) is 2.61. The standard InChI is InChI=1S/C15H10FN5O3S/c16-11-3-1-2-10(7-11)14-18-19-15(25)20(14)17-8-9-4-5-13(22)12(6-9)21(23)24/h1-8,22H,(H,19,25)/p-1/b17-8-. The fourth-order valence-electron chi connectivity index (χ4n) is 2.09. The highest BCUT2D eigenvalue weighted by Crippen LogP contribution is 2.23. The number of nitro groups is 1. The van der Waals surface area contributed by atoms with Crippen LogP contribution in [-0.2, 0) is 0 Å². The monoisotopic (exact) mass is 358 g/mol. The minimum Gasteiger partial charge on any atom is -0.868 e. The summed E-state index contributed by atoms with van der Waals surface area (Å²) in [6, 6.07) is 9.31. The summed E-state index contributed by atoms with van der Waals surface area (Å²) < 4.78 is 14.8. The highest BCUT2D eigenvalue weighted by molar-refractivity contribution is 7.71. The smallest absolute Gasteiger partial charge is 0.262 e. The van der Waals surface area contributed by atoms with Gasteiger partial charge in [-0.05, 0) is 30.1 Å². The molecule has 0 saturated carbocycles. The van der Waals surface area contributed by atoms with Crippen LogP contribution >= 0.6 is 12.2 Å². The zero-order valence-corrected chi connectivity index (χ0v) is 13.2. The number of nitrogens with zero attached hydrogens (tertiary/aromatic N) is 4. The Kier molecular flexibility index (Phi) is 4.35. The van der Waals surface area contributed by atoms with Crippen molar-refractivity contribution in [1.29, 1.82) is 0 Å². The molecule has 0 spiro atoms. The van der Waals surface area contributed by atoms with Crippen molar-refractivity contribution >= 4 is 24.1 Å². The van der Waals surface area contributed by atoms with Crippen LogP contribution < -0.4 is 5.11 Å². The second-order valence-corrected chi connectivity index (χ2v) is 5.29. The van der Waals surface area contributed by atoms with Crippen molar-refractivity contribution in [2.24, 2.45) is 5.10 Å². The first-order valence-electron chi connectivity index (χ1n) is 6.89. The number of hydrogen-bond acceptors (Lipinski definition) is 6. The summed E-state index contributed by atoms with van der Waals surface area (Å²) in [5, 5.41) is 32.9. The first-order chi connectivity index (χ1) is 12.0. The number of H-pyrrole nitrogens is 1. The molecule has 0 amide bonds. The third-order valence-corrected chi connectivity index (χ3v) is 3.50. The van der Waals surface area contributed by atoms with E-state index in [0.29, 0.717) is 11.1 Å². The van der Waals surface area contributed by atoms with E-state index in [9.17, 15) is 19.6 Å². The zero-order valence-electron chi connectivity index (χ0n) is 12.4. The van der Waals surface area contributed by atoms with Crippen LogP contribution in [0.2, 0.25) is 0 Å². The summed E-state index contributed by atoms with van der Waals surface area (Å²) in [5.74, 6) is -0.859. The molecule has 0 radical (unpaired) electrons. The maximum atomic E-state index is 13.4. The fourth-order valence-corrected chi connectivity index (χ4v) is 2.27. The largest absolute Gasteiger partial charge is 0.868 e. The van der Waals surface area contributed by atoms with Gasteiger partial charge in [0.05, 0.1) is 11.1 Å². The van der Waals surface area contributed by atoms with Crippen LogP contribution in [0.5, 0.6) is 5.75 Å². The number of hydrogen-bond donors (Lipinski definition) is 1. The molecule has 1 aromatic heterocycles. The van der Waals surface area contributed by atoms with E-state index in [2.05, 4.69) is 15.3 Å². The Hall–Kier alpha value is -3.40. The normalized spacial score (nSPS) is 11.1. The van der Waals surface area contributed by atoms with Gasteiger partial charge in [0.15, 0.2) is 5.82 Å². The minimum absolute atomic E-state index is 0.158. The third kappa shape index (κ3) is 3.43. The van der Waals surface area contributed by atoms with Gasteiger partial charge in [0.1, 0.15) is 5.82 Å². The van der Waals surface area contributed by atoms with Gasteiger partial charge in [-0.3, -0.25) is 10.1 Å². The van der Waals surface area contributed by atoms with Crippen molar-refractivity contribution in [3.8, 4) is 17.1 Å². The molecular formula is C15H9FN5O3S-. The Labute approximate surface area is 145 Å². The Balaban J connectivity index is 2.00. The molecular weight excluding hydrogens is 349 g/mol. The lowest BCUT2D eigenvalue weighted by Gasteiger charge is -2.06. The van der Waals surface area contributed by atoms with E-state index in [-0.39, 0.29) is 10.6 Å². The average Bonchev–Trinajstić information content (AvgIpc) is 2.94. The second kappa shape index (κ2) is 6.61. The van der Waals surface area contributed by atoms with Crippen LogP contribution in [0.1, 0.15) is 5.56 Å². The van der Waals surface area contributed by atoms with E-state index in [4.69, 9.17) is 12.2 Å². The molecule has 1 heterocycles. The summed E-state index contributed by atoms with van der Waals surface area (Å²) in [5.41, 5.74) is 0.232. The van der Waals surface area contributed by atoms with Crippen molar-refractivity contribution in [1.82, 2.24) is 14.9 Å². The van der Waals surface area contributed by atoms with Crippen LogP contribution in [0, 0.1) is 20.7 Å². The van der Waals surface area contributed by atoms with Crippen molar-refractivity contribution in [3.63, 3.8) is 0 Å². The number of halogens is 1. The van der Waals surface area contributed by atoms with Crippen molar-refractivity contribution < 1.29 is 14.4 Å². The Morgan fingerprint density at radius 2 is 2.12 bits per heavy atom. The molecule has 1 N–H and O–H groups in total. The van der Waals surface area contributed by atoms with Crippen LogP contribution in [0.4, 0.5) is 10.1 Å². The minimum atomic E-state index is -0.763. The lowest BCUT2D eigenvalue weighted by Crippen LogP contribution is -1.99. The number of nitro benzene ring substituents is 1. The molecule has 3 aromatic rings. The van der Waals surface area contributed by atoms with Crippen LogP contribution in [0.25, 0.3) is 11.4 Å². The van der Waals surface area contributed by atoms with Gasteiger partial charge in [-0.25, -0.2) is 9.49 Å². The van der Waals surface area contributed by atoms with Crippen LogP contribution in [0.15, 0.2) is 47.6 Å². The first-order valence-corrected chi connectivity index (χ1v) is 7.29. The maximum Gasteiger partial charge on any atom is 0.262 e. The Morgan fingerprint density at radius 3 is 2.84 bits per heavy atom. The summed E-state index contributed by atoms with van der Waals surface area (Å²) in [4.78, 5) is 10.1. The molecule has 0 aliphatic heterocycles. The van der Waals surface area contributed by atoms with Crippen molar-refractivity contribution in [2.45, 2.75) is 0 Å². The van der Waals surface area contributed by atoms with Crippen LogP contribution in [-0.4, -0.2) is 26.0 Å². The molecule has 0 atom stereocenters. The van der Waals surface area contributed by atoms with E-state index < -0.39 is 22.2 Å². The molecule has 0 unspecified atom stereocenters. The molecule has 0 aliphatic carbocycles. The number of nitrogens with one attached hydrogen (secondary N) is 1. The molecule has 0 bridgehead atoms. The van der Waals surface area contributed by atoms with E-state index in [1.54, 1.807) is 6.07 Å². The van der Waals surface area contributed by atoms with Gasteiger partial charge in [0.2, 0.25) is 4.77 Å². The molecule has 3 rings (SSSR count). The summed E-state index contributed by atoms with van der Waals surface area (Å²) in [6.07, 6.45) is 1.29. The van der Waals surface area contributed by atoms with E-state index in [0.717, 1.165) is 12.1 Å². The Bertz CT molecular complexity index is 1040. The number of aromatic amines is 1. The van der Waals surface area contributed by atoms with E-state index in [1.807, 2.05) is 0 Å². The lowest BCUT2D eigenvalue weighted by atomic mass is 10.2. The third-order valence-electron chi connectivity index (χ3n) is 3.24. The summed E-state index contributed by atoms with van der Waals surface area (Å²) in [6.45, 7) is 0. The summed E-state index contributed by atoms with van der Waals surface area (Å²) in [7, 11) is 0. The predicted molar refractivity (Wildman–Crippen MR) is 88.3 cm³/mol. The molecule has 25 heavy (non-hydrogen) atoms. The summed E-state index contributed by atoms with van der Waals surface area (Å²) >= 11 is 5.09. The van der Waals surface area contributed by atoms with Crippen LogP contribution in [0.3, 0.4) is 0 Å². The van der Waals surface area contributed by atoms with Gasteiger partial charge in [0, 0.05) is 17.2 Å². The SMILES string of the molecule is O=[N+]([O-])c1cc(/C=N\n2c(-c3cccc(F)c3)n[nH]c2=S)ccc1[O-]. The molecule has 8 nitrogen and oxygen atoms in total. The fraction of sp³-hybridized carbons (Fsp3) is 0. The quantitative estimate of drug-likeness (QED) is 0.333. The topological polar surface area (TPSA) is 112 Å². The molecule has 0 saturated heterocycles. The lowest BCUT2D eigenvalue weighted by molar-refractivity contribution is -0.398. The maximum absolute atomic E-state index is 13.4. The Morgan fingerprint density at radius 1 is 1.32 bits per heavy atom. The molecule has 126 valence electrons. The molecule has 0 fully saturated rings. The van der Waals surface area contributed by atoms with Crippen molar-refractivity contribution in [2.75, 3.05) is 0 Å². The van der Waals surface area contributed by atoms with Gasteiger partial charge < -0.3 is 5.11 Å². The average molecular weight is 358 g/mol. The number of aromatic nitrogens is 3. The van der Waals surface area contributed by atoms with Crippen molar-refractivity contribution in [3.05, 3.63) is 68.7 Å². The first kappa shape index (κ1) is 16.5. The molecule has 0 aliphatic rings. The van der Waals surface area contributed by atoms with Gasteiger partial charge in [-0.15, -0.1) is 0 Å². The van der Waals surface area contributed by atoms with Gasteiger partial charge in [0.25, 0.3) is 5.69 Å². The van der Waals surface area contributed by atoms with E-state index in [1.165, 1.54) is 35.2 Å². The highest BCUT2D eigenvalue weighted by atomic mass is 32.1.